The average molecular weight is 1160 g/mol. The number of carbonyl (C=O) groups excluding carboxylic acids is 3. The molecule has 0 aliphatic heterocycles. The standard InChI is InChI=1S/C77H142O6/c1-4-7-10-13-16-19-22-25-28-31-34-36-37-38-39-40-42-43-46-49-52-55-58-61-64-67-70-76(79)82-73-74(72-81-75(78)69-66-63-60-57-54-51-48-45-33-30-27-24-21-18-15-12-9-6-3)83-77(80)71-68-65-62-59-56-53-50-47-44-41-35-32-29-26-23-20-17-14-11-8-5-2/h21,23-24,26,30,32-33,35,74H,4-20,22,25,27-29,31,34,36-73H2,1-3H3/b24-21-,26-23-,33-30-,35-32-. The fraction of sp³-hybridized carbons (Fsp3) is 0.857. The fourth-order valence-electron chi connectivity index (χ4n) is 11.2. The summed E-state index contributed by atoms with van der Waals surface area (Å²) in [5.74, 6) is -0.856. The summed E-state index contributed by atoms with van der Waals surface area (Å²) in [4.78, 5) is 38.5. The van der Waals surface area contributed by atoms with Crippen LogP contribution in [0.1, 0.15) is 406 Å². The van der Waals surface area contributed by atoms with E-state index in [1.54, 1.807) is 0 Å². The van der Waals surface area contributed by atoms with Crippen LogP contribution in [0.25, 0.3) is 0 Å². The molecule has 0 aromatic carbocycles. The molecule has 0 saturated carbocycles. The van der Waals surface area contributed by atoms with E-state index in [-0.39, 0.29) is 31.1 Å². The van der Waals surface area contributed by atoms with Crippen molar-refractivity contribution in [3.63, 3.8) is 0 Å². The van der Waals surface area contributed by atoms with Gasteiger partial charge in [-0.3, -0.25) is 14.4 Å². The van der Waals surface area contributed by atoms with Gasteiger partial charge >= 0.3 is 17.9 Å². The highest BCUT2D eigenvalue weighted by molar-refractivity contribution is 5.71. The molecule has 0 saturated heterocycles. The summed E-state index contributed by atoms with van der Waals surface area (Å²) in [5, 5.41) is 0. The molecule has 0 aromatic heterocycles. The maximum atomic E-state index is 13.0. The SMILES string of the molecule is CCCCCC/C=C\C/C=C\CCCCCCCCCC(=O)OCC(COC(=O)CCCCCCCCCCCCCCCCCCCCCCCCCCCC)OC(=O)CCCCCCCCCCC/C=C\C/C=C\CCCCCCC. The smallest absolute Gasteiger partial charge is 0.306 e. The van der Waals surface area contributed by atoms with E-state index in [1.165, 1.54) is 289 Å². The minimum absolute atomic E-state index is 0.0731. The second-order valence-electron chi connectivity index (χ2n) is 25.2. The zero-order valence-corrected chi connectivity index (χ0v) is 56.0. The van der Waals surface area contributed by atoms with Crippen LogP contribution >= 0.6 is 0 Å². The van der Waals surface area contributed by atoms with Gasteiger partial charge in [0.25, 0.3) is 0 Å². The van der Waals surface area contributed by atoms with Crippen molar-refractivity contribution >= 4 is 17.9 Å². The van der Waals surface area contributed by atoms with Crippen molar-refractivity contribution < 1.29 is 28.6 Å². The van der Waals surface area contributed by atoms with E-state index in [0.717, 1.165) is 77.0 Å². The summed E-state index contributed by atoms with van der Waals surface area (Å²) >= 11 is 0. The van der Waals surface area contributed by atoms with Crippen molar-refractivity contribution in [3.05, 3.63) is 48.6 Å². The summed E-state index contributed by atoms with van der Waals surface area (Å²) in [6.45, 7) is 6.68. The van der Waals surface area contributed by atoms with E-state index in [9.17, 15) is 14.4 Å². The molecule has 0 radical (unpaired) electrons. The highest BCUT2D eigenvalue weighted by Crippen LogP contribution is 2.19. The van der Waals surface area contributed by atoms with Crippen LogP contribution in [0.2, 0.25) is 0 Å². The third-order valence-corrected chi connectivity index (χ3v) is 16.8. The minimum Gasteiger partial charge on any atom is -0.462 e. The van der Waals surface area contributed by atoms with Gasteiger partial charge in [-0.05, 0) is 83.5 Å². The largest absolute Gasteiger partial charge is 0.462 e. The lowest BCUT2D eigenvalue weighted by molar-refractivity contribution is -0.167. The van der Waals surface area contributed by atoms with Gasteiger partial charge in [0.05, 0.1) is 0 Å². The van der Waals surface area contributed by atoms with Gasteiger partial charge in [0, 0.05) is 19.3 Å². The summed E-state index contributed by atoms with van der Waals surface area (Å²) < 4.78 is 17.0. The molecule has 83 heavy (non-hydrogen) atoms. The Morgan fingerprint density at radius 2 is 0.434 bits per heavy atom. The van der Waals surface area contributed by atoms with Crippen LogP contribution in [0.5, 0.6) is 0 Å². The van der Waals surface area contributed by atoms with Crippen LogP contribution in [-0.4, -0.2) is 37.2 Å². The van der Waals surface area contributed by atoms with Gasteiger partial charge < -0.3 is 14.2 Å². The Morgan fingerprint density at radius 1 is 0.241 bits per heavy atom. The summed E-state index contributed by atoms with van der Waals surface area (Å²) in [7, 11) is 0. The summed E-state index contributed by atoms with van der Waals surface area (Å²) in [6, 6.07) is 0. The number of rotatable bonds is 69. The number of esters is 3. The van der Waals surface area contributed by atoms with E-state index in [1.807, 2.05) is 0 Å². The Kier molecular flexibility index (Phi) is 69.6. The maximum absolute atomic E-state index is 13.0. The van der Waals surface area contributed by atoms with E-state index < -0.39 is 6.10 Å². The van der Waals surface area contributed by atoms with Crippen LogP contribution in [-0.2, 0) is 28.6 Å². The molecule has 0 amide bonds. The molecular weight excluding hydrogens is 1020 g/mol. The molecule has 0 fully saturated rings. The van der Waals surface area contributed by atoms with Gasteiger partial charge in [0.15, 0.2) is 6.10 Å². The summed E-state index contributed by atoms with van der Waals surface area (Å²) in [6.07, 6.45) is 91.4. The first-order valence-electron chi connectivity index (χ1n) is 37.1. The molecule has 1 atom stereocenters. The van der Waals surface area contributed by atoms with Crippen molar-refractivity contribution in [1.82, 2.24) is 0 Å². The highest BCUT2D eigenvalue weighted by Gasteiger charge is 2.19. The Bertz CT molecular complexity index is 1430. The first kappa shape index (κ1) is 80.4. The topological polar surface area (TPSA) is 78.9 Å². The zero-order valence-electron chi connectivity index (χ0n) is 56.0. The number of allylic oxidation sites excluding steroid dienone is 8. The molecule has 0 aliphatic rings. The fourth-order valence-corrected chi connectivity index (χ4v) is 11.2. The second kappa shape index (κ2) is 71.8. The Morgan fingerprint density at radius 3 is 0.675 bits per heavy atom. The van der Waals surface area contributed by atoms with E-state index in [2.05, 4.69) is 69.4 Å². The Hall–Kier alpha value is -2.63. The molecule has 0 heterocycles. The highest BCUT2D eigenvalue weighted by atomic mass is 16.6. The van der Waals surface area contributed by atoms with Crippen LogP contribution in [0.3, 0.4) is 0 Å². The van der Waals surface area contributed by atoms with Crippen LogP contribution in [0.4, 0.5) is 0 Å². The minimum atomic E-state index is -0.779. The van der Waals surface area contributed by atoms with Crippen molar-refractivity contribution in [2.45, 2.75) is 412 Å². The molecule has 486 valence electrons. The molecular formula is C77H142O6. The molecule has 0 spiro atoms. The molecule has 0 N–H and O–H groups in total. The zero-order chi connectivity index (χ0) is 59.9. The molecule has 6 heteroatoms. The molecule has 0 bridgehead atoms. The average Bonchev–Trinajstić information content (AvgIpc) is 3.50. The van der Waals surface area contributed by atoms with Gasteiger partial charge in [0.1, 0.15) is 13.2 Å². The van der Waals surface area contributed by atoms with Crippen LogP contribution in [0.15, 0.2) is 48.6 Å². The van der Waals surface area contributed by atoms with E-state index >= 15 is 0 Å². The van der Waals surface area contributed by atoms with E-state index in [4.69, 9.17) is 14.2 Å². The van der Waals surface area contributed by atoms with Crippen LogP contribution < -0.4 is 0 Å². The molecule has 1 unspecified atom stereocenters. The first-order chi connectivity index (χ1) is 41.0. The monoisotopic (exact) mass is 1160 g/mol. The van der Waals surface area contributed by atoms with Gasteiger partial charge in [0.2, 0.25) is 0 Å². The van der Waals surface area contributed by atoms with Crippen molar-refractivity contribution in [2.75, 3.05) is 13.2 Å². The predicted octanol–water partition coefficient (Wildman–Crippen LogP) is 25.7. The Balaban J connectivity index is 4.30. The van der Waals surface area contributed by atoms with Gasteiger partial charge in [-0.2, -0.15) is 0 Å². The lowest BCUT2D eigenvalue weighted by Gasteiger charge is -2.18. The molecule has 6 nitrogen and oxygen atoms in total. The first-order valence-corrected chi connectivity index (χ1v) is 37.1. The predicted molar refractivity (Wildman–Crippen MR) is 362 cm³/mol. The number of ether oxygens (including phenoxy) is 3. The van der Waals surface area contributed by atoms with Crippen LogP contribution in [0, 0.1) is 0 Å². The van der Waals surface area contributed by atoms with Crippen molar-refractivity contribution in [3.8, 4) is 0 Å². The van der Waals surface area contributed by atoms with Crippen molar-refractivity contribution in [2.24, 2.45) is 0 Å². The third-order valence-electron chi connectivity index (χ3n) is 16.8. The third kappa shape index (κ3) is 70.0. The van der Waals surface area contributed by atoms with Gasteiger partial charge in [-0.1, -0.05) is 352 Å². The number of unbranched alkanes of at least 4 members (excludes halogenated alkanes) is 50. The second-order valence-corrected chi connectivity index (χ2v) is 25.2. The normalized spacial score (nSPS) is 12.3. The maximum Gasteiger partial charge on any atom is 0.306 e. The quantitative estimate of drug-likeness (QED) is 0.0261. The number of hydrogen-bond donors (Lipinski definition) is 0. The van der Waals surface area contributed by atoms with E-state index in [0.29, 0.717) is 19.3 Å². The van der Waals surface area contributed by atoms with Gasteiger partial charge in [-0.25, -0.2) is 0 Å². The summed E-state index contributed by atoms with van der Waals surface area (Å²) in [5.41, 5.74) is 0. The Labute approximate surface area is 518 Å². The number of carbonyl (C=O) groups is 3. The molecule has 0 rings (SSSR count). The molecule has 0 aliphatic carbocycles. The van der Waals surface area contributed by atoms with Crippen molar-refractivity contribution in [1.29, 1.82) is 0 Å². The lowest BCUT2D eigenvalue weighted by Crippen LogP contribution is -2.30. The molecule has 0 aromatic rings. The lowest BCUT2D eigenvalue weighted by atomic mass is 10.0. The number of hydrogen-bond acceptors (Lipinski definition) is 6. The van der Waals surface area contributed by atoms with Gasteiger partial charge in [-0.15, -0.1) is 0 Å².